The quantitative estimate of drug-likeness (QED) is 0.521. The molecule has 1 aliphatic rings. The molecule has 4 nitrogen and oxygen atoms in total. The molecule has 32 heavy (non-hydrogen) atoms. The zero-order valence-corrected chi connectivity index (χ0v) is 20.5. The number of benzene rings is 2. The average molecular weight is 467 g/mol. The number of hydrogen-bond donors (Lipinski definition) is 0. The van der Waals surface area contributed by atoms with Gasteiger partial charge < -0.3 is 18.5 Å². The van der Waals surface area contributed by atoms with Crippen LogP contribution in [0.2, 0.25) is 19.6 Å². The standard InChI is InChI=1S/C23H31BF3O4Si/c1-22(2)15-29-24(30-16-22,19-11-9-18(10-12-19)23(25,26)27)21(31-32(4,5)6)17-7-13-20(28-3)14-8-17/h7-14,21H,15-16H2,1-6H3/q-1. The molecule has 9 heteroatoms. The number of hydrogen-bond acceptors (Lipinski definition) is 4. The first-order valence-electron chi connectivity index (χ1n) is 10.7. The van der Waals surface area contributed by atoms with Crippen molar-refractivity contribution in [3.63, 3.8) is 0 Å². The van der Waals surface area contributed by atoms with E-state index in [9.17, 15) is 13.2 Å². The largest absolute Gasteiger partial charge is 0.562 e. The Morgan fingerprint density at radius 1 is 0.938 bits per heavy atom. The number of halogens is 3. The van der Waals surface area contributed by atoms with Crippen molar-refractivity contribution in [2.24, 2.45) is 5.41 Å². The molecule has 0 aliphatic carbocycles. The molecule has 0 N–H and O–H groups in total. The highest BCUT2D eigenvalue weighted by Crippen LogP contribution is 2.39. The van der Waals surface area contributed by atoms with Crippen LogP contribution in [0.15, 0.2) is 48.5 Å². The molecule has 0 amide bonds. The van der Waals surface area contributed by atoms with Crippen molar-refractivity contribution in [2.45, 2.75) is 45.7 Å². The maximum absolute atomic E-state index is 13.2. The Labute approximate surface area is 189 Å². The van der Waals surface area contributed by atoms with Crippen molar-refractivity contribution in [1.29, 1.82) is 0 Å². The Hall–Kier alpha value is -1.81. The average Bonchev–Trinajstić information content (AvgIpc) is 2.72. The summed E-state index contributed by atoms with van der Waals surface area (Å²) in [6, 6.07) is 11.9. The van der Waals surface area contributed by atoms with Gasteiger partial charge in [0.05, 0.1) is 12.7 Å². The van der Waals surface area contributed by atoms with E-state index in [1.54, 1.807) is 7.11 Å². The molecule has 2 aromatic rings. The summed E-state index contributed by atoms with van der Waals surface area (Å²) in [7, 11) is -0.530. The number of alkyl halides is 3. The van der Waals surface area contributed by atoms with Gasteiger partial charge in [-0.05, 0) is 31.8 Å². The number of ether oxygens (including phenoxy) is 1. The Balaban J connectivity index is 2.13. The molecular weight excluding hydrogens is 436 g/mol. The van der Waals surface area contributed by atoms with Gasteiger partial charge in [0.15, 0.2) is 8.32 Å². The van der Waals surface area contributed by atoms with Gasteiger partial charge in [0.1, 0.15) is 5.75 Å². The van der Waals surface area contributed by atoms with Gasteiger partial charge in [-0.2, -0.15) is 18.6 Å². The Bertz CT molecular complexity index is 899. The maximum atomic E-state index is 13.2. The van der Waals surface area contributed by atoms with Crippen LogP contribution in [0.5, 0.6) is 5.75 Å². The van der Waals surface area contributed by atoms with Crippen molar-refractivity contribution < 1.29 is 31.6 Å². The third kappa shape index (κ3) is 5.57. The van der Waals surface area contributed by atoms with Crippen LogP contribution in [0, 0.1) is 5.41 Å². The van der Waals surface area contributed by atoms with E-state index >= 15 is 0 Å². The van der Waals surface area contributed by atoms with Crippen molar-refractivity contribution in [3.8, 4) is 5.75 Å². The van der Waals surface area contributed by atoms with Gasteiger partial charge in [0.25, 0.3) is 0 Å². The van der Waals surface area contributed by atoms with Crippen LogP contribution < -0.4 is 10.2 Å². The van der Waals surface area contributed by atoms with Crippen molar-refractivity contribution in [2.75, 3.05) is 20.3 Å². The Morgan fingerprint density at radius 2 is 1.47 bits per heavy atom. The summed E-state index contributed by atoms with van der Waals surface area (Å²) in [5, 5.41) is 0. The fraction of sp³-hybridized carbons (Fsp3) is 0.478. The first-order chi connectivity index (χ1) is 14.8. The van der Waals surface area contributed by atoms with E-state index in [0.717, 1.165) is 17.7 Å². The topological polar surface area (TPSA) is 36.9 Å². The lowest BCUT2D eigenvalue weighted by molar-refractivity contribution is -0.137. The lowest BCUT2D eigenvalue weighted by Gasteiger charge is -2.55. The van der Waals surface area contributed by atoms with Gasteiger partial charge in [-0.25, -0.2) is 0 Å². The summed E-state index contributed by atoms with van der Waals surface area (Å²) in [4.78, 5) is 0. The lowest BCUT2D eigenvalue weighted by Crippen LogP contribution is -2.65. The molecule has 1 unspecified atom stereocenters. The van der Waals surface area contributed by atoms with Crippen LogP contribution in [0.4, 0.5) is 13.2 Å². The van der Waals surface area contributed by atoms with Crippen LogP contribution in [0.3, 0.4) is 0 Å². The van der Waals surface area contributed by atoms with Gasteiger partial charge in [-0.1, -0.05) is 55.8 Å². The van der Waals surface area contributed by atoms with E-state index in [1.165, 1.54) is 12.1 Å². The maximum Gasteiger partial charge on any atom is 0.416 e. The Morgan fingerprint density at radius 3 is 1.91 bits per heavy atom. The smallest absolute Gasteiger partial charge is 0.416 e. The molecule has 1 aliphatic heterocycles. The first kappa shape index (κ1) is 24.8. The minimum absolute atomic E-state index is 0.221. The van der Waals surface area contributed by atoms with Crippen LogP contribution in [-0.4, -0.2) is 35.2 Å². The van der Waals surface area contributed by atoms with Crippen LogP contribution in [0.1, 0.15) is 31.0 Å². The van der Waals surface area contributed by atoms with E-state index in [2.05, 4.69) is 19.6 Å². The van der Waals surface area contributed by atoms with Crippen molar-refractivity contribution in [1.82, 2.24) is 0 Å². The van der Waals surface area contributed by atoms with Crippen LogP contribution >= 0.6 is 0 Å². The summed E-state index contributed by atoms with van der Waals surface area (Å²) in [6.07, 6.45) is -4.42. The molecule has 0 spiro atoms. The third-order valence-electron chi connectivity index (χ3n) is 5.47. The van der Waals surface area contributed by atoms with Crippen molar-refractivity contribution >= 4 is 20.3 Å². The van der Waals surface area contributed by atoms with Crippen LogP contribution in [0.25, 0.3) is 0 Å². The minimum atomic E-state index is -4.42. The van der Waals surface area contributed by atoms with E-state index in [-0.39, 0.29) is 5.41 Å². The summed E-state index contributed by atoms with van der Waals surface area (Å²) in [5.74, 6) is 0.697. The molecule has 0 radical (unpaired) electrons. The fourth-order valence-corrected chi connectivity index (χ4v) is 4.93. The highest BCUT2D eigenvalue weighted by atomic mass is 28.4. The van der Waals surface area contributed by atoms with Crippen molar-refractivity contribution in [3.05, 3.63) is 59.7 Å². The molecule has 0 bridgehead atoms. The molecular formula is C23H31BF3O4Si-. The summed E-state index contributed by atoms with van der Waals surface area (Å²) >= 11 is 0. The second-order valence-corrected chi connectivity index (χ2v) is 14.6. The molecule has 1 saturated heterocycles. The zero-order valence-electron chi connectivity index (χ0n) is 19.5. The molecule has 1 atom stereocenters. The minimum Gasteiger partial charge on any atom is -0.562 e. The molecule has 3 rings (SSSR count). The third-order valence-corrected chi connectivity index (χ3v) is 6.43. The molecule has 0 aromatic heterocycles. The predicted molar refractivity (Wildman–Crippen MR) is 123 cm³/mol. The Kier molecular flexibility index (Phi) is 6.87. The van der Waals surface area contributed by atoms with Gasteiger partial charge in [-0.15, -0.1) is 0 Å². The van der Waals surface area contributed by atoms with E-state index in [4.69, 9.17) is 18.5 Å². The molecule has 0 saturated carbocycles. The molecule has 1 heterocycles. The van der Waals surface area contributed by atoms with Gasteiger partial charge >= 0.3 is 12.7 Å². The summed E-state index contributed by atoms with van der Waals surface area (Å²) in [5.41, 5.74) is 0.441. The molecule has 2 aromatic carbocycles. The monoisotopic (exact) mass is 467 g/mol. The summed E-state index contributed by atoms with van der Waals surface area (Å²) in [6.45, 7) is 8.78. The zero-order chi connectivity index (χ0) is 23.8. The first-order valence-corrected chi connectivity index (χ1v) is 14.1. The second kappa shape index (κ2) is 8.85. The fourth-order valence-electron chi connectivity index (χ4n) is 3.86. The molecule has 1 fully saturated rings. The van der Waals surface area contributed by atoms with E-state index < -0.39 is 32.6 Å². The predicted octanol–water partition coefficient (Wildman–Crippen LogP) is 5.57. The molecule has 176 valence electrons. The normalized spacial score (nSPS) is 19.4. The summed E-state index contributed by atoms with van der Waals surface area (Å²) < 4.78 is 64.3. The highest BCUT2D eigenvalue weighted by molar-refractivity contribution is 6.83. The van der Waals surface area contributed by atoms with Gasteiger partial charge in [-0.3, -0.25) is 0 Å². The SMILES string of the molecule is COc1ccc(C(O[Si](C)(C)C)[B-]2(c3ccc(C(F)(F)F)cc3)OCC(C)(C)CO2)cc1. The van der Waals surface area contributed by atoms with Crippen LogP contribution in [-0.2, 0) is 19.9 Å². The van der Waals surface area contributed by atoms with Gasteiger partial charge in [0.2, 0.25) is 0 Å². The number of rotatable bonds is 6. The highest BCUT2D eigenvalue weighted by Gasteiger charge is 2.46. The van der Waals surface area contributed by atoms with E-state index in [0.29, 0.717) is 24.4 Å². The van der Waals surface area contributed by atoms with E-state index in [1.807, 2.05) is 38.1 Å². The van der Waals surface area contributed by atoms with Gasteiger partial charge in [0, 0.05) is 24.6 Å². The second-order valence-electron chi connectivity index (χ2n) is 10.1. The lowest BCUT2D eigenvalue weighted by atomic mass is 9.44. The number of methoxy groups -OCH3 is 1.